The molecule has 6 nitrogen and oxygen atoms in total. The highest BCUT2D eigenvalue weighted by molar-refractivity contribution is 5.90. The van der Waals surface area contributed by atoms with Crippen LogP contribution in [-0.2, 0) is 0 Å². The number of fused-ring (bicyclic) bond motifs is 1. The van der Waals surface area contributed by atoms with E-state index in [2.05, 4.69) is 9.97 Å². The lowest BCUT2D eigenvalue weighted by Gasteiger charge is -2.08. The minimum Gasteiger partial charge on any atom is -0.478 e. The largest absolute Gasteiger partial charge is 0.478 e. The molecule has 1 heterocycles. The summed E-state index contributed by atoms with van der Waals surface area (Å²) < 4.78 is 0. The average Bonchev–Trinajstić information content (AvgIpc) is 2.48. The van der Waals surface area contributed by atoms with Gasteiger partial charge in [-0.1, -0.05) is 12.1 Å². The van der Waals surface area contributed by atoms with E-state index in [0.29, 0.717) is 11.0 Å². The van der Waals surface area contributed by atoms with Gasteiger partial charge in [-0.2, -0.15) is 0 Å². The molecule has 0 atom stereocenters. The molecule has 3 aromatic rings. The number of aromatic amines is 2. The Labute approximate surface area is 124 Å². The summed E-state index contributed by atoms with van der Waals surface area (Å²) in [4.78, 5) is 38.8. The van der Waals surface area contributed by atoms with Crippen LogP contribution in [0.4, 0.5) is 0 Å². The van der Waals surface area contributed by atoms with Crippen LogP contribution in [0.3, 0.4) is 0 Å². The van der Waals surface area contributed by atoms with Crippen molar-refractivity contribution in [3.8, 4) is 11.1 Å². The maximum Gasteiger partial charge on any atom is 0.335 e. The Morgan fingerprint density at radius 2 is 1.64 bits per heavy atom. The van der Waals surface area contributed by atoms with Crippen molar-refractivity contribution in [2.45, 2.75) is 6.92 Å². The quantitative estimate of drug-likeness (QED) is 0.628. The van der Waals surface area contributed by atoms with E-state index in [9.17, 15) is 14.4 Å². The van der Waals surface area contributed by atoms with Gasteiger partial charge in [0.2, 0.25) is 0 Å². The highest BCUT2D eigenvalue weighted by atomic mass is 16.4. The normalized spacial score (nSPS) is 10.8. The zero-order valence-electron chi connectivity index (χ0n) is 11.6. The summed E-state index contributed by atoms with van der Waals surface area (Å²) in [6.07, 6.45) is 0. The van der Waals surface area contributed by atoms with Crippen molar-refractivity contribution >= 4 is 17.0 Å². The van der Waals surface area contributed by atoms with Gasteiger partial charge in [-0.15, -0.1) is 0 Å². The number of aromatic carboxylic acids is 1. The van der Waals surface area contributed by atoms with E-state index in [-0.39, 0.29) is 5.56 Å². The molecule has 0 aliphatic carbocycles. The molecule has 0 bridgehead atoms. The van der Waals surface area contributed by atoms with Gasteiger partial charge in [0, 0.05) is 0 Å². The third kappa shape index (κ3) is 2.31. The summed E-state index contributed by atoms with van der Waals surface area (Å²) in [6, 6.07) is 10.0. The van der Waals surface area contributed by atoms with E-state index in [0.717, 1.165) is 16.7 Å². The molecule has 110 valence electrons. The second-order valence-corrected chi connectivity index (χ2v) is 5.00. The van der Waals surface area contributed by atoms with E-state index >= 15 is 0 Å². The first-order valence-electron chi connectivity index (χ1n) is 6.56. The number of aromatic nitrogens is 2. The number of aryl methyl sites for hydroxylation is 1. The third-order valence-electron chi connectivity index (χ3n) is 3.52. The Balaban J connectivity index is 2.24. The first-order valence-corrected chi connectivity index (χ1v) is 6.56. The van der Waals surface area contributed by atoms with Crippen LogP contribution in [-0.4, -0.2) is 21.0 Å². The van der Waals surface area contributed by atoms with Crippen molar-refractivity contribution < 1.29 is 9.90 Å². The van der Waals surface area contributed by atoms with E-state index in [4.69, 9.17) is 5.11 Å². The van der Waals surface area contributed by atoms with Gasteiger partial charge in [-0.3, -0.25) is 9.59 Å². The molecule has 0 radical (unpaired) electrons. The van der Waals surface area contributed by atoms with Gasteiger partial charge in [0.05, 0.1) is 16.6 Å². The fourth-order valence-corrected chi connectivity index (χ4v) is 2.35. The maximum absolute atomic E-state index is 11.4. The number of hydrogen-bond acceptors (Lipinski definition) is 3. The van der Waals surface area contributed by atoms with Crippen molar-refractivity contribution in [1.82, 2.24) is 9.97 Å². The number of nitrogens with one attached hydrogen (secondary N) is 2. The number of carboxylic acid groups (broad SMARTS) is 1. The Bertz CT molecular complexity index is 1010. The van der Waals surface area contributed by atoms with E-state index in [1.807, 2.05) is 6.92 Å². The summed E-state index contributed by atoms with van der Waals surface area (Å²) in [5, 5.41) is 9.10. The molecule has 0 saturated carbocycles. The lowest BCUT2D eigenvalue weighted by atomic mass is 9.97. The third-order valence-corrected chi connectivity index (χ3v) is 3.52. The fourth-order valence-electron chi connectivity index (χ4n) is 2.35. The molecule has 2 aromatic carbocycles. The smallest absolute Gasteiger partial charge is 0.335 e. The topological polar surface area (TPSA) is 103 Å². The molecule has 1 aromatic heterocycles. The summed E-state index contributed by atoms with van der Waals surface area (Å²) >= 11 is 0. The van der Waals surface area contributed by atoms with Crippen LogP contribution in [0.5, 0.6) is 0 Å². The van der Waals surface area contributed by atoms with Gasteiger partial charge in [0.25, 0.3) is 0 Å². The molecular formula is C16H12N2O4. The predicted molar refractivity (Wildman–Crippen MR) is 82.3 cm³/mol. The van der Waals surface area contributed by atoms with Crippen molar-refractivity contribution in [1.29, 1.82) is 0 Å². The predicted octanol–water partition coefficient (Wildman–Crippen LogP) is 1.89. The van der Waals surface area contributed by atoms with Crippen molar-refractivity contribution in [3.63, 3.8) is 0 Å². The van der Waals surface area contributed by atoms with Crippen molar-refractivity contribution in [2.75, 3.05) is 0 Å². The Morgan fingerprint density at radius 3 is 2.32 bits per heavy atom. The Morgan fingerprint density at radius 1 is 0.955 bits per heavy atom. The molecular weight excluding hydrogens is 284 g/mol. The summed E-state index contributed by atoms with van der Waals surface area (Å²) in [5.74, 6) is -1.00. The second kappa shape index (κ2) is 5.00. The minimum atomic E-state index is -1.00. The Hall–Kier alpha value is -3.15. The van der Waals surface area contributed by atoms with Crippen LogP contribution in [0.25, 0.3) is 22.2 Å². The molecule has 3 N–H and O–H groups in total. The number of carbonyl (C=O) groups is 1. The summed E-state index contributed by atoms with van der Waals surface area (Å²) in [5.41, 5.74) is 2.20. The zero-order valence-corrected chi connectivity index (χ0v) is 11.6. The summed E-state index contributed by atoms with van der Waals surface area (Å²) in [7, 11) is 0. The molecule has 22 heavy (non-hydrogen) atoms. The number of rotatable bonds is 2. The van der Waals surface area contributed by atoms with Gasteiger partial charge in [-0.25, -0.2) is 4.79 Å². The van der Waals surface area contributed by atoms with Crippen LogP contribution in [0, 0.1) is 6.92 Å². The fraction of sp³-hybridized carbons (Fsp3) is 0.0625. The molecule has 3 rings (SSSR count). The second-order valence-electron chi connectivity index (χ2n) is 5.00. The van der Waals surface area contributed by atoms with Gasteiger partial charge in [0.15, 0.2) is 0 Å². The highest BCUT2D eigenvalue weighted by Crippen LogP contribution is 2.26. The standard InChI is InChI=1S/C16H12N2O4/c1-8-2-3-10(16(21)22)6-11(8)9-4-5-12-13(7-9)18-15(20)14(19)17-12/h2-7H,1H3,(H,17,19)(H,18,20)(H,21,22). The number of benzene rings is 2. The van der Waals surface area contributed by atoms with Gasteiger partial charge in [0.1, 0.15) is 0 Å². The van der Waals surface area contributed by atoms with Gasteiger partial charge >= 0.3 is 17.1 Å². The molecule has 0 aliphatic rings. The van der Waals surface area contributed by atoms with E-state index < -0.39 is 17.1 Å². The molecule has 0 spiro atoms. The average molecular weight is 296 g/mol. The number of H-pyrrole nitrogens is 2. The van der Waals surface area contributed by atoms with Crippen LogP contribution < -0.4 is 11.1 Å². The van der Waals surface area contributed by atoms with Crippen LogP contribution >= 0.6 is 0 Å². The molecule has 0 saturated heterocycles. The highest BCUT2D eigenvalue weighted by Gasteiger charge is 2.09. The monoisotopic (exact) mass is 296 g/mol. The lowest BCUT2D eigenvalue weighted by molar-refractivity contribution is 0.0697. The lowest BCUT2D eigenvalue weighted by Crippen LogP contribution is -2.28. The number of hydrogen-bond donors (Lipinski definition) is 3. The first-order chi connectivity index (χ1) is 10.5. The molecule has 0 amide bonds. The first kappa shape index (κ1) is 13.8. The molecule has 0 fully saturated rings. The minimum absolute atomic E-state index is 0.190. The van der Waals surface area contributed by atoms with Crippen molar-refractivity contribution in [2.24, 2.45) is 0 Å². The molecule has 0 unspecified atom stereocenters. The summed E-state index contributed by atoms with van der Waals surface area (Å²) in [6.45, 7) is 1.88. The van der Waals surface area contributed by atoms with Crippen LogP contribution in [0.15, 0.2) is 46.0 Å². The van der Waals surface area contributed by atoms with Crippen molar-refractivity contribution in [3.05, 3.63) is 68.2 Å². The van der Waals surface area contributed by atoms with E-state index in [1.54, 1.807) is 36.4 Å². The van der Waals surface area contributed by atoms with Gasteiger partial charge in [-0.05, 0) is 47.9 Å². The van der Waals surface area contributed by atoms with Gasteiger partial charge < -0.3 is 15.1 Å². The Kier molecular flexibility index (Phi) is 3.14. The van der Waals surface area contributed by atoms with E-state index in [1.165, 1.54) is 0 Å². The zero-order chi connectivity index (χ0) is 15.9. The van der Waals surface area contributed by atoms with Crippen LogP contribution in [0.2, 0.25) is 0 Å². The maximum atomic E-state index is 11.4. The number of carboxylic acids is 1. The van der Waals surface area contributed by atoms with Crippen LogP contribution in [0.1, 0.15) is 15.9 Å². The molecule has 6 heteroatoms. The molecule has 0 aliphatic heterocycles. The SMILES string of the molecule is Cc1ccc(C(=O)O)cc1-c1ccc2[nH]c(=O)c(=O)[nH]c2c1.